The summed E-state index contributed by atoms with van der Waals surface area (Å²) in [7, 11) is 0. The van der Waals surface area contributed by atoms with Gasteiger partial charge in [-0.15, -0.1) is 10.2 Å². The number of rotatable bonds is 2. The first-order valence-corrected chi connectivity index (χ1v) is 7.29. The Kier molecular flexibility index (Phi) is 2.98. The van der Waals surface area contributed by atoms with E-state index in [4.69, 9.17) is 49.4 Å². The average molecular weight is 348 g/mol. The Bertz CT molecular complexity index is 791. The molecule has 1 aliphatic rings. The topological polar surface area (TPSA) is 61.0 Å². The molecule has 1 unspecified atom stereocenters. The van der Waals surface area contributed by atoms with Crippen molar-refractivity contribution in [3.8, 4) is 11.6 Å². The highest BCUT2D eigenvalue weighted by atomic mass is 35.5. The maximum Gasteiger partial charge on any atom is 0.242 e. The van der Waals surface area contributed by atoms with Crippen LogP contribution in [0.15, 0.2) is 12.1 Å². The third-order valence-electron chi connectivity index (χ3n) is 3.28. The average Bonchev–Trinajstić information content (AvgIpc) is 2.90. The zero-order chi connectivity index (χ0) is 17.6. The highest BCUT2D eigenvalue weighted by Gasteiger charge is 2.28. The Morgan fingerprint density at radius 3 is 2.67 bits per heavy atom. The molecule has 3 rings (SSSR count). The molecule has 21 heavy (non-hydrogen) atoms. The molecule has 0 spiro atoms. The third kappa shape index (κ3) is 2.63. The van der Waals surface area contributed by atoms with Crippen molar-refractivity contribution in [3.05, 3.63) is 38.5 Å². The zero-order valence-electron chi connectivity index (χ0n) is 13.7. The van der Waals surface area contributed by atoms with Crippen LogP contribution in [0.1, 0.15) is 34.4 Å². The fourth-order valence-electron chi connectivity index (χ4n) is 2.33. The predicted molar refractivity (Wildman–Crippen MR) is 84.7 cm³/mol. The summed E-state index contributed by atoms with van der Waals surface area (Å²) in [6, 6.07) is 3.00. The maximum absolute atomic E-state index is 7.67. The Labute approximate surface area is 141 Å². The van der Waals surface area contributed by atoms with Crippen molar-refractivity contribution in [2.75, 3.05) is 5.73 Å². The van der Waals surface area contributed by atoms with E-state index in [9.17, 15) is 0 Å². The summed E-state index contributed by atoms with van der Waals surface area (Å²) in [5.41, 5.74) is 7.12. The van der Waals surface area contributed by atoms with E-state index in [2.05, 4.69) is 10.2 Å². The standard InChI is InChI=1S/C14H12Cl3N3O/c1-6-2-3-8-11(6)13(17)19-20-14(8)21-12-9(15)4-7(18)5-10(12)16/h4-6H,2-3,18H2,1H3/i1D3. The fraction of sp³-hybridized carbons (Fsp3) is 0.286. The molecule has 0 radical (unpaired) electrons. The fourth-order valence-corrected chi connectivity index (χ4v) is 3.19. The highest BCUT2D eigenvalue weighted by Crippen LogP contribution is 2.43. The van der Waals surface area contributed by atoms with Crippen LogP contribution in [0.3, 0.4) is 0 Å². The maximum atomic E-state index is 7.67. The van der Waals surface area contributed by atoms with Gasteiger partial charge in [-0.2, -0.15) is 0 Å². The molecule has 1 atom stereocenters. The van der Waals surface area contributed by atoms with Crippen LogP contribution in [0.5, 0.6) is 11.6 Å². The molecule has 0 fully saturated rings. The molecular weight excluding hydrogens is 333 g/mol. The second-order valence-electron chi connectivity index (χ2n) is 4.70. The molecule has 1 aromatic heterocycles. The smallest absolute Gasteiger partial charge is 0.242 e. The number of hydrogen-bond donors (Lipinski definition) is 1. The van der Waals surface area contributed by atoms with Crippen LogP contribution in [0, 0.1) is 0 Å². The van der Waals surface area contributed by atoms with Crippen molar-refractivity contribution in [1.82, 2.24) is 10.2 Å². The van der Waals surface area contributed by atoms with Crippen LogP contribution in [-0.4, -0.2) is 10.2 Å². The van der Waals surface area contributed by atoms with Gasteiger partial charge < -0.3 is 10.5 Å². The largest absolute Gasteiger partial charge is 0.434 e. The van der Waals surface area contributed by atoms with Crippen LogP contribution in [0.4, 0.5) is 5.69 Å². The summed E-state index contributed by atoms with van der Waals surface area (Å²) < 4.78 is 28.7. The van der Waals surface area contributed by atoms with Gasteiger partial charge in [0.15, 0.2) is 10.9 Å². The van der Waals surface area contributed by atoms with E-state index in [1.807, 2.05) is 0 Å². The van der Waals surface area contributed by atoms with Gasteiger partial charge in [-0.1, -0.05) is 41.7 Å². The third-order valence-corrected chi connectivity index (χ3v) is 4.13. The summed E-state index contributed by atoms with van der Waals surface area (Å²) in [5, 5.41) is 8.26. The van der Waals surface area contributed by atoms with Crippen LogP contribution in [0.2, 0.25) is 15.2 Å². The van der Waals surface area contributed by atoms with Crippen molar-refractivity contribution in [3.63, 3.8) is 0 Å². The lowest BCUT2D eigenvalue weighted by molar-refractivity contribution is 0.449. The van der Waals surface area contributed by atoms with E-state index in [-0.39, 0.29) is 26.8 Å². The van der Waals surface area contributed by atoms with Gasteiger partial charge >= 0.3 is 0 Å². The summed E-state index contributed by atoms with van der Waals surface area (Å²) in [6.07, 6.45) is 0.881. The lowest BCUT2D eigenvalue weighted by Crippen LogP contribution is -2.00. The molecule has 2 aromatic rings. The van der Waals surface area contributed by atoms with Gasteiger partial charge in [0.05, 0.1) is 10.0 Å². The van der Waals surface area contributed by atoms with E-state index in [1.54, 1.807) is 0 Å². The number of benzene rings is 1. The van der Waals surface area contributed by atoms with Gasteiger partial charge in [-0.3, -0.25) is 0 Å². The number of ether oxygens (including phenoxy) is 1. The molecule has 0 saturated carbocycles. The van der Waals surface area contributed by atoms with Gasteiger partial charge in [-0.05, 0) is 30.9 Å². The number of hydrogen-bond acceptors (Lipinski definition) is 4. The molecule has 110 valence electrons. The quantitative estimate of drug-likeness (QED) is 0.788. The first-order valence-electron chi connectivity index (χ1n) is 7.65. The van der Waals surface area contributed by atoms with Crippen molar-refractivity contribution in [2.24, 2.45) is 0 Å². The van der Waals surface area contributed by atoms with Gasteiger partial charge in [-0.25, -0.2) is 0 Å². The Balaban J connectivity index is 2.05. The number of aromatic nitrogens is 2. The van der Waals surface area contributed by atoms with Crippen molar-refractivity contribution < 1.29 is 8.85 Å². The molecular formula is C14H12Cl3N3O. The van der Waals surface area contributed by atoms with Crippen molar-refractivity contribution >= 4 is 40.5 Å². The lowest BCUT2D eigenvalue weighted by Gasteiger charge is -2.13. The van der Waals surface area contributed by atoms with E-state index >= 15 is 0 Å². The second kappa shape index (κ2) is 5.52. The van der Waals surface area contributed by atoms with Crippen LogP contribution in [0.25, 0.3) is 0 Å². The van der Waals surface area contributed by atoms with Gasteiger partial charge in [0.25, 0.3) is 0 Å². The summed E-state index contributed by atoms with van der Waals surface area (Å²) in [6.45, 7) is -2.17. The second-order valence-corrected chi connectivity index (χ2v) is 5.87. The minimum Gasteiger partial charge on any atom is -0.434 e. The number of nitrogen functional groups attached to an aromatic ring is 1. The number of halogens is 3. The minimum absolute atomic E-state index is 0.0745. The summed E-state index contributed by atoms with van der Waals surface area (Å²) in [4.78, 5) is 0. The van der Waals surface area contributed by atoms with Crippen LogP contribution >= 0.6 is 34.8 Å². The van der Waals surface area contributed by atoms with Crippen LogP contribution in [-0.2, 0) is 6.42 Å². The molecule has 7 heteroatoms. The minimum atomic E-state index is -2.17. The molecule has 1 aliphatic carbocycles. The van der Waals surface area contributed by atoms with E-state index in [1.165, 1.54) is 12.1 Å². The van der Waals surface area contributed by atoms with E-state index in [0.29, 0.717) is 29.7 Å². The monoisotopic (exact) mass is 346 g/mol. The zero-order valence-corrected chi connectivity index (χ0v) is 12.9. The van der Waals surface area contributed by atoms with E-state index < -0.39 is 12.8 Å². The molecule has 1 heterocycles. The van der Waals surface area contributed by atoms with Gasteiger partial charge in [0.1, 0.15) is 0 Å². The molecule has 0 amide bonds. The predicted octanol–water partition coefficient (Wildman–Crippen LogP) is 4.86. The number of nitrogens with zero attached hydrogens (tertiary/aromatic N) is 2. The summed E-state index contributed by atoms with van der Waals surface area (Å²) >= 11 is 18.3. The van der Waals surface area contributed by atoms with Crippen molar-refractivity contribution in [1.29, 1.82) is 0 Å². The first-order chi connectivity index (χ1) is 11.2. The Morgan fingerprint density at radius 2 is 2.00 bits per heavy atom. The number of anilines is 1. The Hall–Kier alpha value is -1.23. The lowest BCUT2D eigenvalue weighted by atomic mass is 10.1. The highest BCUT2D eigenvalue weighted by molar-refractivity contribution is 6.37. The molecule has 2 N–H and O–H groups in total. The SMILES string of the molecule is [2H]C([2H])([2H])C1CCc2c(Oc3c(Cl)cc(N)cc3Cl)nnc(Cl)c21. The summed E-state index contributed by atoms with van der Waals surface area (Å²) in [5.74, 6) is -0.367. The van der Waals surface area contributed by atoms with Gasteiger partial charge in [0.2, 0.25) is 5.88 Å². The number of fused-ring (bicyclic) bond motifs is 1. The molecule has 0 bridgehead atoms. The molecule has 0 saturated heterocycles. The molecule has 4 nitrogen and oxygen atoms in total. The number of nitrogens with two attached hydrogens (primary N) is 1. The van der Waals surface area contributed by atoms with Crippen molar-refractivity contribution in [2.45, 2.75) is 25.6 Å². The van der Waals surface area contributed by atoms with Crippen LogP contribution < -0.4 is 10.5 Å². The van der Waals surface area contributed by atoms with E-state index in [0.717, 1.165) is 0 Å². The first kappa shape index (κ1) is 11.4. The normalized spacial score (nSPS) is 19.6. The van der Waals surface area contributed by atoms with Gasteiger partial charge in [0, 0.05) is 20.9 Å². The molecule has 0 aliphatic heterocycles. The molecule has 1 aromatic carbocycles. The Morgan fingerprint density at radius 1 is 1.29 bits per heavy atom.